The van der Waals surface area contributed by atoms with Crippen LogP contribution in [0.4, 0.5) is 0 Å². The zero-order valence-corrected chi connectivity index (χ0v) is 19.2. The number of rotatable bonds is 7. The molecule has 1 aromatic heterocycles. The van der Waals surface area contributed by atoms with Crippen molar-refractivity contribution in [2.24, 2.45) is 5.41 Å². The number of nitrogens with one attached hydrogen (secondary N) is 1. The molecule has 0 atom stereocenters. The number of hydrogen-bond acceptors (Lipinski definition) is 4. The van der Waals surface area contributed by atoms with Gasteiger partial charge in [0.15, 0.2) is 11.0 Å². The third kappa shape index (κ3) is 6.20. The highest BCUT2D eigenvalue weighted by Gasteiger charge is 2.18. The van der Waals surface area contributed by atoms with Crippen LogP contribution in [0.25, 0.3) is 5.69 Å². The van der Waals surface area contributed by atoms with E-state index in [1.807, 2.05) is 4.57 Å². The van der Waals surface area contributed by atoms with Crippen LogP contribution in [0.1, 0.15) is 49.7 Å². The van der Waals surface area contributed by atoms with Gasteiger partial charge < -0.3 is 5.32 Å². The van der Waals surface area contributed by atoms with Gasteiger partial charge in [0, 0.05) is 17.9 Å². The first-order valence-electron chi connectivity index (χ1n) is 10.2. The minimum atomic E-state index is -0.0520. The monoisotopic (exact) mass is 422 g/mol. The Morgan fingerprint density at radius 1 is 1.03 bits per heavy atom. The van der Waals surface area contributed by atoms with Gasteiger partial charge in [0.2, 0.25) is 5.91 Å². The number of hydrogen-bond donors (Lipinski definition) is 1. The average molecular weight is 423 g/mol. The summed E-state index contributed by atoms with van der Waals surface area (Å²) in [5.41, 5.74) is 4.64. The number of benzene rings is 2. The van der Waals surface area contributed by atoms with E-state index in [9.17, 15) is 4.79 Å². The van der Waals surface area contributed by atoms with Gasteiger partial charge in [-0.2, -0.15) is 0 Å². The molecule has 6 heteroatoms. The van der Waals surface area contributed by atoms with E-state index in [1.54, 1.807) is 11.8 Å². The zero-order valence-electron chi connectivity index (χ0n) is 18.4. The number of carbonyl (C=O) groups is 1. The van der Waals surface area contributed by atoms with Crippen LogP contribution in [-0.4, -0.2) is 20.7 Å². The molecule has 158 valence electrons. The number of thioether (sulfide) groups is 1. The maximum atomic E-state index is 12.3. The molecule has 0 aliphatic carbocycles. The van der Waals surface area contributed by atoms with Crippen LogP contribution < -0.4 is 5.32 Å². The maximum Gasteiger partial charge on any atom is 0.220 e. The molecule has 0 saturated heterocycles. The van der Waals surface area contributed by atoms with E-state index < -0.39 is 0 Å². The number of carbonyl (C=O) groups excluding carboxylic acids is 1. The van der Waals surface area contributed by atoms with Crippen molar-refractivity contribution in [2.75, 3.05) is 0 Å². The summed E-state index contributed by atoms with van der Waals surface area (Å²) in [6.45, 7) is 10.7. The third-order valence-electron chi connectivity index (χ3n) is 4.58. The van der Waals surface area contributed by atoms with Crippen LogP contribution in [0, 0.1) is 19.3 Å². The number of amides is 1. The highest BCUT2D eigenvalue weighted by molar-refractivity contribution is 7.98. The second-order valence-corrected chi connectivity index (χ2v) is 9.80. The van der Waals surface area contributed by atoms with Crippen molar-refractivity contribution in [3.05, 3.63) is 71.0 Å². The second kappa shape index (κ2) is 9.47. The summed E-state index contributed by atoms with van der Waals surface area (Å²) in [4.78, 5) is 12.3. The van der Waals surface area contributed by atoms with Crippen molar-refractivity contribution in [3.8, 4) is 5.69 Å². The first-order valence-corrected chi connectivity index (χ1v) is 11.2. The van der Waals surface area contributed by atoms with Crippen LogP contribution in [0.3, 0.4) is 0 Å². The Morgan fingerprint density at radius 3 is 2.43 bits per heavy atom. The van der Waals surface area contributed by atoms with Gasteiger partial charge in [-0.15, -0.1) is 10.2 Å². The van der Waals surface area contributed by atoms with E-state index in [4.69, 9.17) is 0 Å². The Morgan fingerprint density at radius 2 is 1.77 bits per heavy atom. The average Bonchev–Trinajstić information content (AvgIpc) is 3.07. The lowest BCUT2D eigenvalue weighted by Gasteiger charge is -2.17. The molecule has 0 fully saturated rings. The predicted octanol–water partition coefficient (Wildman–Crippen LogP) is 5.23. The van der Waals surface area contributed by atoms with E-state index in [1.165, 1.54) is 16.7 Å². The molecule has 0 radical (unpaired) electrons. The van der Waals surface area contributed by atoms with Gasteiger partial charge >= 0.3 is 0 Å². The smallest absolute Gasteiger partial charge is 0.220 e. The molecule has 3 aromatic rings. The van der Waals surface area contributed by atoms with Gasteiger partial charge in [0.1, 0.15) is 0 Å². The topological polar surface area (TPSA) is 59.8 Å². The maximum absolute atomic E-state index is 12.3. The van der Waals surface area contributed by atoms with Crippen molar-refractivity contribution >= 4 is 17.7 Å². The Hall–Kier alpha value is -2.60. The van der Waals surface area contributed by atoms with Crippen LogP contribution in [0.15, 0.2) is 53.7 Å². The molecule has 30 heavy (non-hydrogen) atoms. The van der Waals surface area contributed by atoms with Crippen LogP contribution >= 0.6 is 11.8 Å². The summed E-state index contributed by atoms with van der Waals surface area (Å²) in [5.74, 6) is 1.56. The molecule has 1 heterocycles. The van der Waals surface area contributed by atoms with Crippen molar-refractivity contribution < 1.29 is 4.79 Å². The lowest BCUT2D eigenvalue weighted by atomic mass is 9.92. The van der Waals surface area contributed by atoms with Crippen molar-refractivity contribution in [1.29, 1.82) is 0 Å². The first-order chi connectivity index (χ1) is 14.2. The van der Waals surface area contributed by atoms with Crippen LogP contribution in [0.5, 0.6) is 0 Å². The highest BCUT2D eigenvalue weighted by Crippen LogP contribution is 2.26. The molecule has 0 aliphatic heterocycles. The Labute approximate surface area is 183 Å². The fourth-order valence-electron chi connectivity index (χ4n) is 3.13. The molecule has 0 unspecified atom stereocenters. The molecule has 0 aliphatic rings. The van der Waals surface area contributed by atoms with E-state index in [0.29, 0.717) is 13.0 Å². The molecule has 0 spiro atoms. The Bertz CT molecular complexity index is 1000. The minimum Gasteiger partial charge on any atom is -0.349 e. The SMILES string of the molecule is Cc1ccc(-n2c(CNC(=O)CC(C)(C)C)nnc2SCc2cccc(C)c2)cc1. The van der Waals surface area contributed by atoms with E-state index in [0.717, 1.165) is 22.4 Å². The van der Waals surface area contributed by atoms with Gasteiger partial charge in [-0.3, -0.25) is 9.36 Å². The summed E-state index contributed by atoms with van der Waals surface area (Å²) in [5, 5.41) is 12.6. The minimum absolute atomic E-state index is 0.0231. The lowest BCUT2D eigenvalue weighted by molar-refractivity contribution is -0.123. The summed E-state index contributed by atoms with van der Waals surface area (Å²) < 4.78 is 2.04. The van der Waals surface area contributed by atoms with E-state index in [2.05, 4.69) is 98.7 Å². The number of nitrogens with zero attached hydrogens (tertiary/aromatic N) is 3. The van der Waals surface area contributed by atoms with E-state index >= 15 is 0 Å². The molecule has 5 nitrogen and oxygen atoms in total. The Balaban J connectivity index is 1.82. The fourth-order valence-corrected chi connectivity index (χ4v) is 4.05. The summed E-state index contributed by atoms with van der Waals surface area (Å²) in [7, 11) is 0. The van der Waals surface area contributed by atoms with Crippen LogP contribution in [-0.2, 0) is 17.1 Å². The largest absolute Gasteiger partial charge is 0.349 e. The van der Waals surface area contributed by atoms with E-state index in [-0.39, 0.29) is 11.3 Å². The van der Waals surface area contributed by atoms with Gasteiger partial charge in [-0.1, -0.05) is 80.1 Å². The standard InChI is InChI=1S/C24H30N4OS/c1-17-9-11-20(12-10-17)28-21(15-25-22(29)14-24(3,4)5)26-27-23(28)30-16-19-8-6-7-18(2)13-19/h6-13H,14-16H2,1-5H3,(H,25,29). The van der Waals surface area contributed by atoms with Crippen molar-refractivity contribution in [1.82, 2.24) is 20.1 Å². The molecule has 0 saturated carbocycles. The van der Waals surface area contributed by atoms with Gasteiger partial charge in [0.25, 0.3) is 0 Å². The molecule has 0 bridgehead atoms. The van der Waals surface area contributed by atoms with Crippen molar-refractivity contribution in [3.63, 3.8) is 0 Å². The lowest BCUT2D eigenvalue weighted by Crippen LogP contribution is -2.28. The zero-order chi connectivity index (χ0) is 21.7. The van der Waals surface area contributed by atoms with Crippen molar-refractivity contribution in [2.45, 2.75) is 58.5 Å². The molecule has 1 N–H and O–H groups in total. The third-order valence-corrected chi connectivity index (χ3v) is 5.58. The second-order valence-electron chi connectivity index (χ2n) is 8.86. The first kappa shape index (κ1) is 22.1. The molecule has 3 rings (SSSR count). The van der Waals surface area contributed by atoms with Gasteiger partial charge in [-0.25, -0.2) is 0 Å². The van der Waals surface area contributed by atoms with Crippen LogP contribution in [0.2, 0.25) is 0 Å². The molecule has 2 aromatic carbocycles. The molecule has 1 amide bonds. The molecular weight excluding hydrogens is 392 g/mol. The summed E-state index contributed by atoms with van der Waals surface area (Å²) in [6.07, 6.45) is 0.473. The quantitative estimate of drug-likeness (QED) is 0.530. The highest BCUT2D eigenvalue weighted by atomic mass is 32.2. The predicted molar refractivity (Wildman–Crippen MR) is 123 cm³/mol. The Kier molecular flexibility index (Phi) is 6.98. The summed E-state index contributed by atoms with van der Waals surface area (Å²) in [6, 6.07) is 16.8. The number of aromatic nitrogens is 3. The van der Waals surface area contributed by atoms with Gasteiger partial charge in [-0.05, 0) is 37.0 Å². The molecular formula is C24H30N4OS. The summed E-state index contributed by atoms with van der Waals surface area (Å²) >= 11 is 1.65. The van der Waals surface area contributed by atoms with Gasteiger partial charge in [0.05, 0.1) is 6.54 Å². The number of aryl methyl sites for hydroxylation is 2. The fraction of sp³-hybridized carbons (Fsp3) is 0.375. The normalized spacial score (nSPS) is 11.5.